The molecule has 2 atom stereocenters. The minimum Gasteiger partial charge on any atom is -0.444 e. The summed E-state index contributed by atoms with van der Waals surface area (Å²) in [5.41, 5.74) is 2.43. The zero-order valence-electron chi connectivity index (χ0n) is 14.0. The van der Waals surface area contributed by atoms with Gasteiger partial charge in [-0.25, -0.2) is 4.79 Å². The summed E-state index contributed by atoms with van der Waals surface area (Å²) < 4.78 is 5.57. The predicted octanol–water partition coefficient (Wildman–Crippen LogP) is 3.71. The van der Waals surface area contributed by atoms with Gasteiger partial charge in [-0.2, -0.15) is 0 Å². The van der Waals surface area contributed by atoms with Crippen molar-refractivity contribution in [2.45, 2.75) is 49.6 Å². The molecular formula is C18H24N2O2S. The number of thioether (sulfide) groups is 1. The Morgan fingerprint density at radius 1 is 1.30 bits per heavy atom. The average molecular weight is 332 g/mol. The standard InChI is InChI=1S/C18H24N2O2S/c1-18(2,3)22-17(21)19-8-7-14-13(11-19)12-5-4-6-15-16(12)20(14)9-10-23-15/h4-6,13-14H,7-11H2,1-3H3. The first-order valence-electron chi connectivity index (χ1n) is 8.44. The van der Waals surface area contributed by atoms with Crippen molar-refractivity contribution >= 4 is 23.5 Å². The Balaban J connectivity index is 1.59. The van der Waals surface area contributed by atoms with Gasteiger partial charge in [0.1, 0.15) is 5.60 Å². The number of rotatable bonds is 0. The van der Waals surface area contributed by atoms with E-state index >= 15 is 0 Å². The van der Waals surface area contributed by atoms with Crippen LogP contribution in [0.1, 0.15) is 38.7 Å². The summed E-state index contributed by atoms with van der Waals surface area (Å²) in [6.07, 6.45) is 0.860. The fraction of sp³-hybridized carbons (Fsp3) is 0.611. The van der Waals surface area contributed by atoms with Crippen LogP contribution >= 0.6 is 11.8 Å². The van der Waals surface area contributed by atoms with Crippen LogP contribution in [0.5, 0.6) is 0 Å². The Morgan fingerprint density at radius 2 is 2.13 bits per heavy atom. The van der Waals surface area contributed by atoms with Gasteiger partial charge in [0.2, 0.25) is 0 Å². The molecule has 2 unspecified atom stereocenters. The normalized spacial score (nSPS) is 25.9. The number of benzene rings is 1. The smallest absolute Gasteiger partial charge is 0.410 e. The molecule has 3 aliphatic rings. The molecule has 0 N–H and O–H groups in total. The molecule has 0 spiro atoms. The molecule has 0 aliphatic carbocycles. The largest absolute Gasteiger partial charge is 0.444 e. The van der Waals surface area contributed by atoms with Crippen LogP contribution in [0.2, 0.25) is 0 Å². The third-order valence-electron chi connectivity index (χ3n) is 4.94. The summed E-state index contributed by atoms with van der Waals surface area (Å²) in [5, 5.41) is 0. The van der Waals surface area contributed by atoms with Gasteiger partial charge in [-0.05, 0) is 38.8 Å². The second-order valence-corrected chi connectivity index (χ2v) is 8.76. The monoisotopic (exact) mass is 332 g/mol. The van der Waals surface area contributed by atoms with Crippen molar-refractivity contribution < 1.29 is 9.53 Å². The number of likely N-dealkylation sites (tertiary alicyclic amines) is 1. The lowest BCUT2D eigenvalue weighted by molar-refractivity contribution is 0.0189. The maximum absolute atomic E-state index is 12.4. The van der Waals surface area contributed by atoms with Gasteiger partial charge in [0.15, 0.2) is 0 Å². The topological polar surface area (TPSA) is 32.8 Å². The van der Waals surface area contributed by atoms with Crippen LogP contribution in [-0.4, -0.2) is 48.0 Å². The van der Waals surface area contributed by atoms with Gasteiger partial charge in [-0.15, -0.1) is 11.8 Å². The number of para-hydroxylation sites is 1. The van der Waals surface area contributed by atoms with Gasteiger partial charge in [0.25, 0.3) is 0 Å². The molecule has 1 fully saturated rings. The number of ether oxygens (including phenoxy) is 1. The number of carbonyl (C=O) groups is 1. The van der Waals surface area contributed by atoms with Crippen molar-refractivity contribution in [3.63, 3.8) is 0 Å². The lowest BCUT2D eigenvalue weighted by atomic mass is 9.89. The molecule has 1 aromatic carbocycles. The first-order chi connectivity index (χ1) is 10.9. The van der Waals surface area contributed by atoms with E-state index in [2.05, 4.69) is 23.1 Å². The van der Waals surface area contributed by atoms with Crippen LogP contribution in [0.4, 0.5) is 10.5 Å². The number of anilines is 1. The number of nitrogens with zero attached hydrogens (tertiary/aromatic N) is 2. The number of hydrogen-bond acceptors (Lipinski definition) is 4. The number of piperidine rings is 1. The predicted molar refractivity (Wildman–Crippen MR) is 93.5 cm³/mol. The lowest BCUT2D eigenvalue weighted by Crippen LogP contribution is -2.50. The summed E-state index contributed by atoms with van der Waals surface area (Å²) in [4.78, 5) is 18.3. The van der Waals surface area contributed by atoms with Gasteiger partial charge >= 0.3 is 6.09 Å². The third kappa shape index (κ3) is 2.59. The number of amides is 1. The van der Waals surface area contributed by atoms with E-state index in [0.29, 0.717) is 12.0 Å². The highest BCUT2D eigenvalue weighted by Gasteiger charge is 2.45. The summed E-state index contributed by atoms with van der Waals surface area (Å²) in [6.45, 7) is 8.48. The number of carbonyl (C=O) groups excluding carboxylic acids is 1. The van der Waals surface area contributed by atoms with E-state index in [0.717, 1.165) is 31.8 Å². The second kappa shape index (κ2) is 5.33. The van der Waals surface area contributed by atoms with E-state index in [4.69, 9.17) is 4.74 Å². The Hall–Kier alpha value is -1.36. The van der Waals surface area contributed by atoms with Crippen LogP contribution < -0.4 is 4.90 Å². The molecule has 5 heteroatoms. The van der Waals surface area contributed by atoms with Crippen molar-refractivity contribution in [1.29, 1.82) is 0 Å². The molecule has 0 radical (unpaired) electrons. The van der Waals surface area contributed by atoms with Crippen LogP contribution in [-0.2, 0) is 4.74 Å². The maximum Gasteiger partial charge on any atom is 0.410 e. The van der Waals surface area contributed by atoms with Crippen molar-refractivity contribution in [3.8, 4) is 0 Å². The molecule has 4 nitrogen and oxygen atoms in total. The van der Waals surface area contributed by atoms with Gasteiger partial charge in [0.05, 0.1) is 5.69 Å². The van der Waals surface area contributed by atoms with E-state index in [1.807, 2.05) is 37.4 Å². The Morgan fingerprint density at radius 3 is 2.91 bits per heavy atom. The van der Waals surface area contributed by atoms with Gasteiger partial charge in [-0.1, -0.05) is 12.1 Å². The third-order valence-corrected chi connectivity index (χ3v) is 5.96. The molecule has 1 aromatic rings. The maximum atomic E-state index is 12.4. The van der Waals surface area contributed by atoms with Crippen LogP contribution in [0.15, 0.2) is 23.1 Å². The van der Waals surface area contributed by atoms with Crippen LogP contribution in [0.25, 0.3) is 0 Å². The summed E-state index contributed by atoms with van der Waals surface area (Å²) >= 11 is 1.96. The Labute approximate surface area is 142 Å². The first kappa shape index (κ1) is 15.2. The number of hydrogen-bond donors (Lipinski definition) is 0. The van der Waals surface area contributed by atoms with E-state index in [1.54, 1.807) is 0 Å². The van der Waals surface area contributed by atoms with E-state index in [-0.39, 0.29) is 6.09 Å². The van der Waals surface area contributed by atoms with Crippen LogP contribution in [0, 0.1) is 0 Å². The molecule has 0 saturated carbocycles. The quantitative estimate of drug-likeness (QED) is 0.725. The van der Waals surface area contributed by atoms with Gasteiger partial charge in [-0.3, -0.25) is 0 Å². The van der Waals surface area contributed by atoms with Crippen LogP contribution in [0.3, 0.4) is 0 Å². The van der Waals surface area contributed by atoms with Gasteiger partial charge in [0, 0.05) is 42.2 Å². The molecule has 23 heavy (non-hydrogen) atoms. The first-order valence-corrected chi connectivity index (χ1v) is 9.43. The fourth-order valence-electron chi connectivity index (χ4n) is 4.07. The lowest BCUT2D eigenvalue weighted by Gasteiger charge is -2.40. The highest BCUT2D eigenvalue weighted by atomic mass is 32.2. The Kier molecular flexibility index (Phi) is 3.52. The van der Waals surface area contributed by atoms with Crippen molar-refractivity contribution in [3.05, 3.63) is 23.8 Å². The fourth-order valence-corrected chi connectivity index (χ4v) is 5.12. The highest BCUT2D eigenvalue weighted by Crippen LogP contribution is 2.50. The highest BCUT2D eigenvalue weighted by molar-refractivity contribution is 7.99. The molecule has 1 amide bonds. The average Bonchev–Trinajstić information content (AvgIpc) is 2.82. The SMILES string of the molecule is CC(C)(C)OC(=O)N1CCC2C(C1)c1cccc3c1N2CCS3. The molecule has 124 valence electrons. The zero-order chi connectivity index (χ0) is 16.2. The van der Waals surface area contributed by atoms with Crippen molar-refractivity contribution in [2.75, 3.05) is 30.3 Å². The Bertz CT molecular complexity index is 640. The van der Waals surface area contributed by atoms with Crippen molar-refractivity contribution in [2.24, 2.45) is 0 Å². The van der Waals surface area contributed by atoms with Crippen molar-refractivity contribution in [1.82, 2.24) is 4.90 Å². The van der Waals surface area contributed by atoms with E-state index in [1.165, 1.54) is 16.1 Å². The summed E-state index contributed by atoms with van der Waals surface area (Å²) in [7, 11) is 0. The molecule has 4 rings (SSSR count). The van der Waals surface area contributed by atoms with E-state index < -0.39 is 5.60 Å². The summed E-state index contributed by atoms with van der Waals surface area (Å²) in [5.74, 6) is 1.58. The minimum absolute atomic E-state index is 0.170. The molecule has 0 aromatic heterocycles. The molecule has 1 saturated heterocycles. The summed E-state index contributed by atoms with van der Waals surface area (Å²) in [6, 6.07) is 7.20. The second-order valence-electron chi connectivity index (χ2n) is 7.62. The number of fused-ring (bicyclic) bond motifs is 3. The zero-order valence-corrected chi connectivity index (χ0v) is 14.9. The molecular weight excluding hydrogens is 308 g/mol. The molecule has 0 bridgehead atoms. The minimum atomic E-state index is -0.430. The van der Waals surface area contributed by atoms with E-state index in [9.17, 15) is 4.79 Å². The molecule has 3 heterocycles. The molecule has 3 aliphatic heterocycles. The van der Waals surface area contributed by atoms with Gasteiger partial charge < -0.3 is 14.5 Å².